The molecule has 7 heteroatoms. The lowest BCUT2D eigenvalue weighted by Gasteiger charge is -2.06. The van der Waals surface area contributed by atoms with Crippen LogP contribution in [-0.2, 0) is 9.53 Å². The zero-order chi connectivity index (χ0) is 12.7. The van der Waals surface area contributed by atoms with E-state index in [4.69, 9.17) is 10.5 Å². The molecule has 92 valence electrons. The van der Waals surface area contributed by atoms with Gasteiger partial charge in [0.15, 0.2) is 0 Å². The summed E-state index contributed by atoms with van der Waals surface area (Å²) in [5.41, 5.74) is 5.30. The average Bonchev–Trinajstić information content (AvgIpc) is 2.28. The van der Waals surface area contributed by atoms with E-state index in [9.17, 15) is 14.9 Å². The molecule has 0 saturated carbocycles. The molecule has 0 unspecified atom stereocenters. The number of primary amides is 1. The van der Waals surface area contributed by atoms with Gasteiger partial charge in [-0.15, -0.1) is 0 Å². The summed E-state index contributed by atoms with van der Waals surface area (Å²) in [6.45, 7) is 0.450. The third-order valence-electron chi connectivity index (χ3n) is 1.91. The van der Waals surface area contributed by atoms with Crippen LogP contribution in [0.5, 0.6) is 0 Å². The van der Waals surface area contributed by atoms with E-state index in [1.165, 1.54) is 6.07 Å². The Balaban J connectivity index is 2.41. The van der Waals surface area contributed by atoms with Crippen molar-refractivity contribution >= 4 is 17.3 Å². The van der Waals surface area contributed by atoms with E-state index in [0.717, 1.165) is 0 Å². The first-order chi connectivity index (χ1) is 8.11. The fraction of sp³-hybridized carbons (Fsp3) is 0.300. The number of nitro groups is 1. The van der Waals surface area contributed by atoms with Crippen molar-refractivity contribution in [2.45, 2.75) is 0 Å². The fourth-order valence-corrected chi connectivity index (χ4v) is 1.21. The third kappa shape index (κ3) is 4.47. The highest BCUT2D eigenvalue weighted by Crippen LogP contribution is 2.22. The quantitative estimate of drug-likeness (QED) is 0.409. The van der Waals surface area contributed by atoms with Gasteiger partial charge in [-0.25, -0.2) is 0 Å². The van der Waals surface area contributed by atoms with Crippen molar-refractivity contribution in [3.05, 3.63) is 34.4 Å². The molecule has 1 amide bonds. The van der Waals surface area contributed by atoms with E-state index in [1.807, 2.05) is 0 Å². The number of carbonyl (C=O) groups excluding carboxylic acids is 1. The van der Waals surface area contributed by atoms with E-state index in [0.29, 0.717) is 12.2 Å². The first-order valence-corrected chi connectivity index (χ1v) is 4.94. The molecule has 17 heavy (non-hydrogen) atoms. The number of nitrogens with zero attached hydrogens (tertiary/aromatic N) is 1. The Morgan fingerprint density at radius 3 is 2.82 bits per heavy atom. The lowest BCUT2D eigenvalue weighted by molar-refractivity contribution is -0.384. The Morgan fingerprint density at radius 2 is 2.18 bits per heavy atom. The number of ether oxygens (including phenoxy) is 1. The second-order valence-corrected chi connectivity index (χ2v) is 3.22. The molecule has 0 heterocycles. The van der Waals surface area contributed by atoms with Gasteiger partial charge in [0.1, 0.15) is 12.3 Å². The van der Waals surface area contributed by atoms with Crippen LogP contribution in [0.1, 0.15) is 0 Å². The highest BCUT2D eigenvalue weighted by molar-refractivity contribution is 5.74. The Bertz CT molecular complexity index is 408. The monoisotopic (exact) mass is 239 g/mol. The van der Waals surface area contributed by atoms with Crippen molar-refractivity contribution in [3.8, 4) is 0 Å². The largest absolute Gasteiger partial charge is 0.377 e. The molecule has 0 fully saturated rings. The summed E-state index contributed by atoms with van der Waals surface area (Å²) < 4.78 is 4.91. The number of nitro benzene ring substituents is 1. The van der Waals surface area contributed by atoms with Gasteiger partial charge in [0.2, 0.25) is 5.91 Å². The lowest BCUT2D eigenvalue weighted by atomic mass is 10.2. The molecule has 0 radical (unpaired) electrons. The third-order valence-corrected chi connectivity index (χ3v) is 1.91. The minimum absolute atomic E-state index is 0.00222. The molecule has 0 atom stereocenters. The second-order valence-electron chi connectivity index (χ2n) is 3.22. The van der Waals surface area contributed by atoms with E-state index < -0.39 is 10.8 Å². The van der Waals surface area contributed by atoms with Gasteiger partial charge in [-0.1, -0.05) is 12.1 Å². The number of carbonyl (C=O) groups is 1. The summed E-state index contributed by atoms with van der Waals surface area (Å²) in [5.74, 6) is -0.546. The van der Waals surface area contributed by atoms with Crippen LogP contribution in [0.25, 0.3) is 0 Å². The topological polar surface area (TPSA) is 107 Å². The molecule has 0 bridgehead atoms. The molecule has 0 spiro atoms. The summed E-state index contributed by atoms with van der Waals surface area (Å²) in [7, 11) is 0. The predicted molar refractivity (Wildman–Crippen MR) is 61.6 cm³/mol. The van der Waals surface area contributed by atoms with Gasteiger partial charge in [0.05, 0.1) is 11.5 Å². The lowest BCUT2D eigenvalue weighted by Crippen LogP contribution is -2.20. The zero-order valence-electron chi connectivity index (χ0n) is 9.09. The molecule has 7 nitrogen and oxygen atoms in total. The van der Waals surface area contributed by atoms with Crippen molar-refractivity contribution in [2.24, 2.45) is 5.73 Å². The van der Waals surface area contributed by atoms with Crippen LogP contribution in [-0.4, -0.2) is 30.6 Å². The number of nitrogens with one attached hydrogen (secondary N) is 1. The second kappa shape index (κ2) is 6.44. The fourth-order valence-electron chi connectivity index (χ4n) is 1.21. The van der Waals surface area contributed by atoms with Crippen molar-refractivity contribution in [3.63, 3.8) is 0 Å². The number of benzene rings is 1. The molecule has 3 N–H and O–H groups in total. The standard InChI is InChI=1S/C10H13N3O4/c11-10(14)7-17-6-5-12-8-3-1-2-4-9(8)13(15)16/h1-4,12H,5-7H2,(H2,11,14). The SMILES string of the molecule is NC(=O)COCCNc1ccccc1[N+](=O)[O-]. The number of hydrogen-bond acceptors (Lipinski definition) is 5. The molecule has 0 saturated heterocycles. The first-order valence-electron chi connectivity index (χ1n) is 4.94. The average molecular weight is 239 g/mol. The van der Waals surface area contributed by atoms with Gasteiger partial charge in [0, 0.05) is 12.6 Å². The molecule has 0 aliphatic heterocycles. The number of rotatable bonds is 7. The van der Waals surface area contributed by atoms with Crippen LogP contribution in [0, 0.1) is 10.1 Å². The number of anilines is 1. The molecular formula is C10H13N3O4. The summed E-state index contributed by atoms with van der Waals surface area (Å²) in [6.07, 6.45) is 0. The summed E-state index contributed by atoms with van der Waals surface area (Å²) in [5, 5.41) is 13.5. The van der Waals surface area contributed by atoms with Crippen molar-refractivity contribution in [1.29, 1.82) is 0 Å². The number of amides is 1. The zero-order valence-corrected chi connectivity index (χ0v) is 9.09. The van der Waals surface area contributed by atoms with Gasteiger partial charge in [-0.05, 0) is 6.07 Å². The van der Waals surface area contributed by atoms with Crippen LogP contribution >= 0.6 is 0 Å². The first kappa shape index (κ1) is 12.9. The van der Waals surface area contributed by atoms with Crippen LogP contribution in [0.4, 0.5) is 11.4 Å². The smallest absolute Gasteiger partial charge is 0.292 e. The molecule has 1 rings (SSSR count). The minimum Gasteiger partial charge on any atom is -0.377 e. The molecule has 1 aromatic carbocycles. The Morgan fingerprint density at radius 1 is 1.47 bits per heavy atom. The van der Waals surface area contributed by atoms with Gasteiger partial charge < -0.3 is 15.8 Å². The Kier molecular flexibility index (Phi) is 4.89. The molecule has 1 aromatic rings. The van der Waals surface area contributed by atoms with Crippen LogP contribution < -0.4 is 11.1 Å². The normalized spacial score (nSPS) is 9.88. The van der Waals surface area contributed by atoms with E-state index in [2.05, 4.69) is 5.32 Å². The van der Waals surface area contributed by atoms with Gasteiger partial charge in [0.25, 0.3) is 5.69 Å². The summed E-state index contributed by atoms with van der Waals surface area (Å²) in [4.78, 5) is 20.6. The minimum atomic E-state index is -0.546. The summed E-state index contributed by atoms with van der Waals surface area (Å²) >= 11 is 0. The number of hydrogen-bond donors (Lipinski definition) is 2. The van der Waals surface area contributed by atoms with Crippen LogP contribution in [0.2, 0.25) is 0 Å². The Labute approximate surface area is 97.7 Å². The van der Waals surface area contributed by atoms with E-state index >= 15 is 0 Å². The van der Waals surface area contributed by atoms with Crippen LogP contribution in [0.3, 0.4) is 0 Å². The van der Waals surface area contributed by atoms with Crippen molar-refractivity contribution < 1.29 is 14.5 Å². The van der Waals surface area contributed by atoms with Gasteiger partial charge >= 0.3 is 0 Å². The Hall–Kier alpha value is -2.15. The van der Waals surface area contributed by atoms with Crippen molar-refractivity contribution in [2.75, 3.05) is 25.1 Å². The number of nitrogens with two attached hydrogens (primary N) is 1. The van der Waals surface area contributed by atoms with Gasteiger partial charge in [-0.3, -0.25) is 14.9 Å². The maximum Gasteiger partial charge on any atom is 0.292 e. The molecule has 0 aromatic heterocycles. The van der Waals surface area contributed by atoms with E-state index in [-0.39, 0.29) is 18.9 Å². The predicted octanol–water partition coefficient (Wildman–Crippen LogP) is 0.509. The van der Waals surface area contributed by atoms with Gasteiger partial charge in [-0.2, -0.15) is 0 Å². The highest BCUT2D eigenvalue weighted by Gasteiger charge is 2.10. The number of para-hydroxylation sites is 2. The maximum absolute atomic E-state index is 10.7. The molecule has 0 aliphatic carbocycles. The summed E-state index contributed by atoms with van der Waals surface area (Å²) in [6, 6.07) is 6.30. The van der Waals surface area contributed by atoms with Crippen molar-refractivity contribution in [1.82, 2.24) is 0 Å². The molecule has 0 aliphatic rings. The van der Waals surface area contributed by atoms with Crippen LogP contribution in [0.15, 0.2) is 24.3 Å². The molecular weight excluding hydrogens is 226 g/mol. The highest BCUT2D eigenvalue weighted by atomic mass is 16.6. The van der Waals surface area contributed by atoms with E-state index in [1.54, 1.807) is 18.2 Å². The maximum atomic E-state index is 10.7.